The second-order valence-corrected chi connectivity index (χ2v) is 6.45. The number of amides is 1. The van der Waals surface area contributed by atoms with Crippen LogP contribution >= 0.6 is 23.2 Å². The standard InChI is InChI=1S/C14H15Cl2NO3/c1-13(3-4-14(13,2)12(19)20)11(18)17-10-6-8(15)5-9(16)7-10/h5-7H,3-4H2,1-2H3,(H,17,18)(H,19,20). The number of carboxylic acids is 1. The highest BCUT2D eigenvalue weighted by atomic mass is 35.5. The summed E-state index contributed by atoms with van der Waals surface area (Å²) in [5.41, 5.74) is -1.51. The molecule has 1 aliphatic carbocycles. The van der Waals surface area contributed by atoms with Crippen LogP contribution in [-0.2, 0) is 9.59 Å². The highest BCUT2D eigenvalue weighted by Crippen LogP contribution is 2.57. The fraction of sp³-hybridized carbons (Fsp3) is 0.429. The summed E-state index contributed by atoms with van der Waals surface area (Å²) >= 11 is 11.7. The van der Waals surface area contributed by atoms with Crippen LogP contribution in [-0.4, -0.2) is 17.0 Å². The van der Waals surface area contributed by atoms with E-state index in [-0.39, 0.29) is 5.91 Å². The summed E-state index contributed by atoms with van der Waals surface area (Å²) < 4.78 is 0. The Labute approximate surface area is 127 Å². The van der Waals surface area contributed by atoms with Crippen molar-refractivity contribution in [3.8, 4) is 0 Å². The van der Waals surface area contributed by atoms with Gasteiger partial charge >= 0.3 is 5.97 Å². The summed E-state index contributed by atoms with van der Waals surface area (Å²) in [6.07, 6.45) is 1.03. The maximum atomic E-state index is 12.4. The van der Waals surface area contributed by atoms with E-state index in [4.69, 9.17) is 23.2 Å². The molecule has 1 aromatic carbocycles. The summed E-state index contributed by atoms with van der Waals surface area (Å²) in [7, 11) is 0. The number of hydrogen-bond donors (Lipinski definition) is 2. The topological polar surface area (TPSA) is 66.4 Å². The Morgan fingerprint density at radius 2 is 1.60 bits per heavy atom. The molecule has 1 fully saturated rings. The van der Waals surface area contributed by atoms with Crippen LogP contribution in [0.4, 0.5) is 5.69 Å². The average Bonchev–Trinajstić information content (AvgIpc) is 2.33. The second kappa shape index (κ2) is 4.93. The third-order valence-electron chi connectivity index (χ3n) is 4.44. The lowest BCUT2D eigenvalue weighted by Gasteiger charge is -2.51. The Morgan fingerprint density at radius 1 is 1.10 bits per heavy atom. The number of carbonyl (C=O) groups is 2. The van der Waals surface area contributed by atoms with E-state index in [0.29, 0.717) is 28.6 Å². The molecule has 2 atom stereocenters. The molecule has 1 aromatic rings. The maximum Gasteiger partial charge on any atom is 0.310 e. The third-order valence-corrected chi connectivity index (χ3v) is 4.87. The molecule has 2 unspecified atom stereocenters. The van der Waals surface area contributed by atoms with Gasteiger partial charge in [0.15, 0.2) is 0 Å². The summed E-state index contributed by atoms with van der Waals surface area (Å²) in [5, 5.41) is 12.8. The highest BCUT2D eigenvalue weighted by Gasteiger charge is 2.62. The molecule has 4 nitrogen and oxygen atoms in total. The van der Waals surface area contributed by atoms with Gasteiger partial charge in [-0.05, 0) is 44.9 Å². The fourth-order valence-corrected chi connectivity index (χ4v) is 3.00. The number of halogens is 2. The predicted octanol–water partition coefficient (Wildman–Crippen LogP) is 3.82. The van der Waals surface area contributed by atoms with Crippen LogP contribution in [0.2, 0.25) is 10.0 Å². The van der Waals surface area contributed by atoms with Gasteiger partial charge in [-0.2, -0.15) is 0 Å². The smallest absolute Gasteiger partial charge is 0.310 e. The zero-order valence-corrected chi connectivity index (χ0v) is 12.7. The Hall–Kier alpha value is -1.26. The largest absolute Gasteiger partial charge is 0.481 e. The summed E-state index contributed by atoms with van der Waals surface area (Å²) in [5.74, 6) is -1.28. The molecule has 0 aromatic heterocycles. The van der Waals surface area contributed by atoms with Crippen LogP contribution < -0.4 is 5.32 Å². The number of aliphatic carboxylic acids is 1. The van der Waals surface area contributed by atoms with Crippen molar-refractivity contribution in [1.82, 2.24) is 0 Å². The number of anilines is 1. The van der Waals surface area contributed by atoms with Crippen molar-refractivity contribution in [3.63, 3.8) is 0 Å². The first-order chi connectivity index (χ1) is 9.19. The monoisotopic (exact) mass is 315 g/mol. The predicted molar refractivity (Wildman–Crippen MR) is 78.2 cm³/mol. The third kappa shape index (κ3) is 2.27. The Morgan fingerprint density at radius 3 is 2.00 bits per heavy atom. The van der Waals surface area contributed by atoms with Gasteiger partial charge in [0.05, 0.1) is 10.8 Å². The molecule has 0 heterocycles. The molecule has 0 spiro atoms. The zero-order chi connectivity index (χ0) is 15.1. The van der Waals surface area contributed by atoms with E-state index >= 15 is 0 Å². The first-order valence-corrected chi connectivity index (χ1v) is 6.95. The lowest BCUT2D eigenvalue weighted by Crippen LogP contribution is -2.58. The van der Waals surface area contributed by atoms with Crippen LogP contribution in [0.15, 0.2) is 18.2 Å². The maximum absolute atomic E-state index is 12.4. The number of hydrogen-bond acceptors (Lipinski definition) is 2. The molecule has 2 rings (SSSR count). The molecule has 1 aliphatic rings. The number of carbonyl (C=O) groups excluding carboxylic acids is 1. The SMILES string of the molecule is CC1(C(=O)O)CCC1(C)C(=O)Nc1cc(Cl)cc(Cl)c1. The first-order valence-electron chi connectivity index (χ1n) is 6.20. The molecular formula is C14H15Cl2NO3. The molecule has 108 valence electrons. The molecule has 0 bridgehead atoms. The molecule has 6 heteroatoms. The van der Waals surface area contributed by atoms with Crippen molar-refractivity contribution in [3.05, 3.63) is 28.2 Å². The van der Waals surface area contributed by atoms with E-state index in [1.54, 1.807) is 32.0 Å². The van der Waals surface area contributed by atoms with E-state index < -0.39 is 16.8 Å². The molecule has 20 heavy (non-hydrogen) atoms. The quantitative estimate of drug-likeness (QED) is 0.891. The zero-order valence-electron chi connectivity index (χ0n) is 11.2. The van der Waals surface area contributed by atoms with Crippen molar-refractivity contribution in [1.29, 1.82) is 0 Å². The summed E-state index contributed by atoms with van der Waals surface area (Å²) in [4.78, 5) is 23.8. The van der Waals surface area contributed by atoms with Crippen LogP contribution in [0.5, 0.6) is 0 Å². The first kappa shape index (κ1) is 15.1. The van der Waals surface area contributed by atoms with Crippen molar-refractivity contribution in [2.45, 2.75) is 26.7 Å². The van der Waals surface area contributed by atoms with Gasteiger partial charge in [-0.1, -0.05) is 23.2 Å². The number of nitrogens with one attached hydrogen (secondary N) is 1. The number of benzene rings is 1. The molecular weight excluding hydrogens is 301 g/mol. The molecule has 2 N–H and O–H groups in total. The van der Waals surface area contributed by atoms with Gasteiger partial charge in [0, 0.05) is 15.7 Å². The minimum absolute atomic E-state index is 0.327. The minimum atomic E-state index is -1.04. The van der Waals surface area contributed by atoms with Crippen molar-refractivity contribution >= 4 is 40.8 Å². The number of rotatable bonds is 3. The van der Waals surface area contributed by atoms with Crippen LogP contribution in [0.3, 0.4) is 0 Å². The van der Waals surface area contributed by atoms with Crippen LogP contribution in [0, 0.1) is 10.8 Å². The van der Waals surface area contributed by atoms with E-state index in [9.17, 15) is 14.7 Å². The van der Waals surface area contributed by atoms with E-state index in [1.165, 1.54) is 0 Å². The Bertz CT molecular complexity index is 570. The van der Waals surface area contributed by atoms with Gasteiger partial charge < -0.3 is 10.4 Å². The Balaban J connectivity index is 2.22. The normalized spacial score (nSPS) is 28.6. The fourth-order valence-electron chi connectivity index (χ4n) is 2.48. The lowest BCUT2D eigenvalue weighted by atomic mass is 9.50. The van der Waals surface area contributed by atoms with Gasteiger partial charge in [-0.25, -0.2) is 0 Å². The molecule has 1 saturated carbocycles. The summed E-state index contributed by atoms with van der Waals surface area (Å²) in [6.45, 7) is 3.27. The van der Waals surface area contributed by atoms with Gasteiger partial charge in [-0.15, -0.1) is 0 Å². The highest BCUT2D eigenvalue weighted by molar-refractivity contribution is 6.35. The van der Waals surface area contributed by atoms with Crippen LogP contribution in [0.25, 0.3) is 0 Å². The molecule has 1 amide bonds. The molecule has 0 radical (unpaired) electrons. The van der Waals surface area contributed by atoms with E-state index in [0.717, 1.165) is 0 Å². The second-order valence-electron chi connectivity index (χ2n) is 5.58. The molecule has 0 saturated heterocycles. The van der Waals surface area contributed by atoms with Crippen molar-refractivity contribution in [2.24, 2.45) is 10.8 Å². The van der Waals surface area contributed by atoms with Crippen molar-refractivity contribution < 1.29 is 14.7 Å². The Kier molecular flexibility index (Phi) is 3.73. The van der Waals surface area contributed by atoms with Crippen molar-refractivity contribution in [2.75, 3.05) is 5.32 Å². The lowest BCUT2D eigenvalue weighted by molar-refractivity contribution is -0.175. The minimum Gasteiger partial charge on any atom is -0.481 e. The molecule has 0 aliphatic heterocycles. The van der Waals surface area contributed by atoms with Gasteiger partial charge in [0.1, 0.15) is 0 Å². The van der Waals surface area contributed by atoms with E-state index in [2.05, 4.69) is 5.32 Å². The van der Waals surface area contributed by atoms with E-state index in [1.807, 2.05) is 0 Å². The summed E-state index contributed by atoms with van der Waals surface area (Å²) in [6, 6.07) is 4.71. The van der Waals surface area contributed by atoms with Gasteiger partial charge in [-0.3, -0.25) is 9.59 Å². The van der Waals surface area contributed by atoms with Gasteiger partial charge in [0.25, 0.3) is 0 Å². The van der Waals surface area contributed by atoms with Gasteiger partial charge in [0.2, 0.25) is 5.91 Å². The van der Waals surface area contributed by atoms with Crippen LogP contribution in [0.1, 0.15) is 26.7 Å². The average molecular weight is 316 g/mol. The number of carboxylic acid groups (broad SMARTS) is 1.